The molecule has 104 valence electrons. The van der Waals surface area contributed by atoms with Crippen LogP contribution in [0.1, 0.15) is 39.3 Å². The highest BCUT2D eigenvalue weighted by Crippen LogP contribution is 2.25. The highest BCUT2D eigenvalue weighted by Gasteiger charge is 2.31. The molecule has 1 aromatic carbocycles. The van der Waals surface area contributed by atoms with Crippen molar-refractivity contribution >= 4 is 11.8 Å². The molecule has 1 aromatic rings. The van der Waals surface area contributed by atoms with Crippen LogP contribution < -0.4 is 10.6 Å². The first-order chi connectivity index (χ1) is 8.86. The van der Waals surface area contributed by atoms with Gasteiger partial charge in [-0.3, -0.25) is 4.79 Å². The highest BCUT2D eigenvalue weighted by atomic mass is 16.2. The zero-order chi connectivity index (χ0) is 14.5. The molecule has 0 aliphatic rings. The van der Waals surface area contributed by atoms with Crippen LogP contribution in [0.15, 0.2) is 30.3 Å². The second-order valence-corrected chi connectivity index (χ2v) is 5.46. The van der Waals surface area contributed by atoms with Crippen molar-refractivity contribution in [2.45, 2.75) is 33.7 Å². The van der Waals surface area contributed by atoms with E-state index in [9.17, 15) is 9.59 Å². The predicted octanol–water partition coefficient (Wildman–Crippen LogP) is 2.66. The first-order valence-corrected chi connectivity index (χ1v) is 6.50. The summed E-state index contributed by atoms with van der Waals surface area (Å²) >= 11 is 0. The number of benzene rings is 1. The average Bonchev–Trinajstić information content (AvgIpc) is 2.35. The number of hydrogen-bond acceptors (Lipinski definition) is 2. The van der Waals surface area contributed by atoms with Gasteiger partial charge in [0.1, 0.15) is 6.04 Å². The number of ketones is 1. The summed E-state index contributed by atoms with van der Waals surface area (Å²) in [7, 11) is 0. The highest BCUT2D eigenvalue weighted by molar-refractivity contribution is 5.92. The van der Waals surface area contributed by atoms with Gasteiger partial charge in [-0.1, -0.05) is 51.1 Å². The fraction of sp³-hybridized carbons (Fsp3) is 0.467. The lowest BCUT2D eigenvalue weighted by atomic mass is 9.84. The van der Waals surface area contributed by atoms with Gasteiger partial charge >= 0.3 is 6.03 Å². The standard InChI is InChI=1S/C15H22N2O2/c1-5-16-14(19)17-12(13(18)15(2,3)4)11-9-7-6-8-10-11/h6-10,12H,5H2,1-4H3,(H2,16,17,19)/t12-/m1/s1. The molecule has 19 heavy (non-hydrogen) atoms. The lowest BCUT2D eigenvalue weighted by molar-refractivity contribution is -0.128. The molecule has 4 nitrogen and oxygen atoms in total. The van der Waals surface area contributed by atoms with Crippen LogP contribution in [-0.4, -0.2) is 18.4 Å². The van der Waals surface area contributed by atoms with Crippen LogP contribution in [0.3, 0.4) is 0 Å². The van der Waals surface area contributed by atoms with E-state index in [0.717, 1.165) is 5.56 Å². The maximum atomic E-state index is 12.5. The Morgan fingerprint density at radius 3 is 2.21 bits per heavy atom. The molecular formula is C15H22N2O2. The number of rotatable bonds is 4. The van der Waals surface area contributed by atoms with Crippen molar-refractivity contribution in [1.29, 1.82) is 0 Å². The van der Waals surface area contributed by atoms with Gasteiger partial charge in [0.15, 0.2) is 5.78 Å². The molecule has 0 unspecified atom stereocenters. The van der Waals surface area contributed by atoms with Gasteiger partial charge in [-0.15, -0.1) is 0 Å². The Kier molecular flexibility index (Phi) is 5.10. The Hall–Kier alpha value is -1.84. The molecule has 0 saturated heterocycles. The summed E-state index contributed by atoms with van der Waals surface area (Å²) in [5.41, 5.74) is 0.286. The minimum absolute atomic E-state index is 0.00930. The molecule has 1 rings (SSSR count). The van der Waals surface area contributed by atoms with E-state index in [1.54, 1.807) is 0 Å². The van der Waals surface area contributed by atoms with Crippen LogP contribution in [0.5, 0.6) is 0 Å². The second-order valence-electron chi connectivity index (χ2n) is 5.46. The largest absolute Gasteiger partial charge is 0.338 e. The van der Waals surface area contributed by atoms with E-state index < -0.39 is 11.5 Å². The predicted molar refractivity (Wildman–Crippen MR) is 75.9 cm³/mol. The van der Waals surface area contributed by atoms with Crippen molar-refractivity contribution in [2.75, 3.05) is 6.54 Å². The van der Waals surface area contributed by atoms with E-state index in [2.05, 4.69) is 10.6 Å². The zero-order valence-corrected chi connectivity index (χ0v) is 12.0. The molecule has 4 heteroatoms. The maximum Gasteiger partial charge on any atom is 0.315 e. The van der Waals surface area contributed by atoms with Gasteiger partial charge in [0, 0.05) is 12.0 Å². The summed E-state index contributed by atoms with van der Waals surface area (Å²) in [6.45, 7) is 7.92. The lowest BCUT2D eigenvalue weighted by Crippen LogP contribution is -2.43. The van der Waals surface area contributed by atoms with Crippen molar-refractivity contribution in [1.82, 2.24) is 10.6 Å². The lowest BCUT2D eigenvalue weighted by Gasteiger charge is -2.25. The van der Waals surface area contributed by atoms with Gasteiger partial charge in [-0.25, -0.2) is 4.79 Å². The average molecular weight is 262 g/mol. The second kappa shape index (κ2) is 6.36. The molecule has 0 fully saturated rings. The van der Waals surface area contributed by atoms with Gasteiger partial charge in [0.25, 0.3) is 0 Å². The van der Waals surface area contributed by atoms with E-state index in [1.165, 1.54) is 0 Å². The summed E-state index contributed by atoms with van der Waals surface area (Å²) < 4.78 is 0. The zero-order valence-electron chi connectivity index (χ0n) is 12.0. The smallest absolute Gasteiger partial charge is 0.315 e. The molecule has 0 aliphatic carbocycles. The van der Waals surface area contributed by atoms with Crippen LogP contribution in [0, 0.1) is 5.41 Å². The van der Waals surface area contributed by atoms with E-state index in [4.69, 9.17) is 0 Å². The molecule has 0 heterocycles. The fourth-order valence-corrected chi connectivity index (χ4v) is 1.72. The number of hydrogen-bond donors (Lipinski definition) is 2. The van der Waals surface area contributed by atoms with Crippen molar-refractivity contribution in [3.63, 3.8) is 0 Å². The monoisotopic (exact) mass is 262 g/mol. The van der Waals surface area contributed by atoms with Gasteiger partial charge in [-0.2, -0.15) is 0 Å². The van der Waals surface area contributed by atoms with Gasteiger partial charge in [-0.05, 0) is 12.5 Å². The Balaban J connectivity index is 2.99. The molecule has 0 radical (unpaired) electrons. The molecule has 0 aromatic heterocycles. The third-order valence-corrected chi connectivity index (χ3v) is 2.75. The number of urea groups is 1. The summed E-state index contributed by atoms with van der Waals surface area (Å²) in [5, 5.41) is 5.39. The molecule has 0 aliphatic heterocycles. The van der Waals surface area contributed by atoms with Crippen molar-refractivity contribution < 1.29 is 9.59 Å². The Morgan fingerprint density at radius 2 is 1.74 bits per heavy atom. The SMILES string of the molecule is CCNC(=O)N[C@@H](C(=O)C(C)(C)C)c1ccccc1. The van der Waals surface area contributed by atoms with Crippen LogP contribution in [0.2, 0.25) is 0 Å². The molecule has 0 bridgehead atoms. The van der Waals surface area contributed by atoms with E-state index >= 15 is 0 Å². The Labute approximate surface area is 114 Å². The molecule has 0 saturated carbocycles. The van der Waals surface area contributed by atoms with Gasteiger partial charge in [0.2, 0.25) is 0 Å². The first-order valence-electron chi connectivity index (χ1n) is 6.50. The van der Waals surface area contributed by atoms with Crippen LogP contribution in [0.4, 0.5) is 4.79 Å². The van der Waals surface area contributed by atoms with Crippen molar-refractivity contribution in [3.05, 3.63) is 35.9 Å². The first kappa shape index (κ1) is 15.2. The minimum Gasteiger partial charge on any atom is -0.338 e. The van der Waals surface area contributed by atoms with Gasteiger partial charge in [0.05, 0.1) is 0 Å². The summed E-state index contributed by atoms with van der Waals surface area (Å²) in [4.78, 5) is 24.1. The summed E-state index contributed by atoms with van der Waals surface area (Å²) in [5.74, 6) is -0.00930. The number of carbonyl (C=O) groups excluding carboxylic acids is 2. The topological polar surface area (TPSA) is 58.2 Å². The Morgan fingerprint density at radius 1 is 1.16 bits per heavy atom. The quantitative estimate of drug-likeness (QED) is 0.876. The molecule has 0 spiro atoms. The van der Waals surface area contributed by atoms with Crippen molar-refractivity contribution in [2.24, 2.45) is 5.41 Å². The summed E-state index contributed by atoms with van der Waals surface area (Å²) in [6.07, 6.45) is 0. The van der Waals surface area contributed by atoms with Crippen molar-refractivity contribution in [3.8, 4) is 0 Å². The number of Topliss-reactive ketones (excluding diaryl/α,β-unsaturated/α-hetero) is 1. The molecular weight excluding hydrogens is 240 g/mol. The normalized spacial score (nSPS) is 12.6. The van der Waals surface area contributed by atoms with E-state index in [-0.39, 0.29) is 11.8 Å². The minimum atomic E-state index is -0.618. The van der Waals surface area contributed by atoms with Gasteiger partial charge < -0.3 is 10.6 Å². The van der Waals surface area contributed by atoms with Crippen LogP contribution in [-0.2, 0) is 4.79 Å². The fourth-order valence-electron chi connectivity index (χ4n) is 1.72. The Bertz CT molecular complexity index is 435. The third-order valence-electron chi connectivity index (χ3n) is 2.75. The van der Waals surface area contributed by atoms with Crippen LogP contribution in [0.25, 0.3) is 0 Å². The number of nitrogens with one attached hydrogen (secondary N) is 2. The van der Waals surface area contributed by atoms with E-state index in [1.807, 2.05) is 58.0 Å². The maximum absolute atomic E-state index is 12.5. The molecule has 2 amide bonds. The molecule has 1 atom stereocenters. The van der Waals surface area contributed by atoms with E-state index in [0.29, 0.717) is 6.54 Å². The van der Waals surface area contributed by atoms with Crippen LogP contribution >= 0.6 is 0 Å². The molecule has 2 N–H and O–H groups in total. The summed E-state index contributed by atoms with van der Waals surface area (Å²) in [6, 6.07) is 8.35. The number of amides is 2. The third kappa shape index (κ3) is 4.39. The number of carbonyl (C=O) groups is 2.